The van der Waals surface area contributed by atoms with Crippen LogP contribution in [0.3, 0.4) is 0 Å². The number of esters is 1. The Morgan fingerprint density at radius 1 is 1.00 bits per heavy atom. The summed E-state index contributed by atoms with van der Waals surface area (Å²) in [6, 6.07) is 0. The minimum absolute atomic E-state index is 0.0742. The molecule has 3 nitrogen and oxygen atoms in total. The van der Waals surface area contributed by atoms with Crippen LogP contribution >= 0.6 is 0 Å². The summed E-state index contributed by atoms with van der Waals surface area (Å²) >= 11 is 0. The Hall–Kier alpha value is -0.570. The molecule has 0 aromatic carbocycles. The molecule has 0 aromatic rings. The Kier molecular flexibility index (Phi) is 5.30. The summed E-state index contributed by atoms with van der Waals surface area (Å²) in [5.41, 5.74) is 0. The zero-order valence-electron chi connectivity index (χ0n) is 10.7. The van der Waals surface area contributed by atoms with Crippen LogP contribution in [0.15, 0.2) is 0 Å². The fourth-order valence-corrected chi connectivity index (χ4v) is 2.49. The Bertz CT molecular complexity index is 230. The molecule has 3 heteroatoms. The fourth-order valence-electron chi connectivity index (χ4n) is 2.49. The first kappa shape index (κ1) is 12.9. The Labute approximate surface area is 104 Å². The molecule has 17 heavy (non-hydrogen) atoms. The summed E-state index contributed by atoms with van der Waals surface area (Å²) in [6.45, 7) is 2.02. The van der Waals surface area contributed by atoms with E-state index >= 15 is 0 Å². The van der Waals surface area contributed by atoms with Gasteiger partial charge in [-0.1, -0.05) is 25.7 Å². The number of ether oxygens (including phenoxy) is 1. The van der Waals surface area contributed by atoms with Gasteiger partial charge in [-0.2, -0.15) is 0 Å². The van der Waals surface area contributed by atoms with Gasteiger partial charge in [-0.25, -0.2) is 0 Å². The van der Waals surface area contributed by atoms with Crippen molar-refractivity contribution in [1.29, 1.82) is 0 Å². The molecular weight excluding hydrogens is 214 g/mol. The molecule has 0 aliphatic heterocycles. The minimum atomic E-state index is -0.0742. The third kappa shape index (κ3) is 5.53. The summed E-state index contributed by atoms with van der Waals surface area (Å²) in [7, 11) is 0. The van der Waals surface area contributed by atoms with Crippen LogP contribution in [-0.4, -0.2) is 25.7 Å². The van der Waals surface area contributed by atoms with Gasteiger partial charge in [-0.05, 0) is 44.1 Å². The maximum Gasteiger partial charge on any atom is 0.319 e. The molecule has 2 saturated carbocycles. The van der Waals surface area contributed by atoms with Gasteiger partial charge in [-0.3, -0.25) is 4.79 Å². The van der Waals surface area contributed by atoms with Crippen LogP contribution in [0.5, 0.6) is 0 Å². The molecule has 0 spiro atoms. The normalized spacial score (nSPS) is 22.1. The van der Waals surface area contributed by atoms with Crippen LogP contribution in [0.4, 0.5) is 0 Å². The highest BCUT2D eigenvalue weighted by Crippen LogP contribution is 2.27. The van der Waals surface area contributed by atoms with Gasteiger partial charge in [0, 0.05) is 0 Å². The van der Waals surface area contributed by atoms with Gasteiger partial charge in [0.2, 0.25) is 0 Å². The van der Waals surface area contributed by atoms with Crippen molar-refractivity contribution in [1.82, 2.24) is 5.32 Å². The summed E-state index contributed by atoms with van der Waals surface area (Å²) in [4.78, 5) is 11.5. The van der Waals surface area contributed by atoms with E-state index in [9.17, 15) is 4.79 Å². The molecule has 2 aliphatic rings. The largest absolute Gasteiger partial charge is 0.464 e. The quantitative estimate of drug-likeness (QED) is 0.571. The van der Waals surface area contributed by atoms with Gasteiger partial charge in [-0.15, -0.1) is 0 Å². The zero-order valence-corrected chi connectivity index (χ0v) is 10.7. The second-order valence-electron chi connectivity index (χ2n) is 5.61. The molecular formula is C14H25NO2. The van der Waals surface area contributed by atoms with E-state index in [-0.39, 0.29) is 5.97 Å². The van der Waals surface area contributed by atoms with Crippen molar-refractivity contribution >= 4 is 5.97 Å². The van der Waals surface area contributed by atoms with E-state index in [1.165, 1.54) is 51.4 Å². The van der Waals surface area contributed by atoms with E-state index in [2.05, 4.69) is 5.32 Å². The number of hydrogen-bond donors (Lipinski definition) is 1. The van der Waals surface area contributed by atoms with Gasteiger partial charge in [0.15, 0.2) is 0 Å². The van der Waals surface area contributed by atoms with Crippen LogP contribution in [0, 0.1) is 11.8 Å². The molecule has 0 unspecified atom stereocenters. The van der Waals surface area contributed by atoms with Crippen molar-refractivity contribution in [3.63, 3.8) is 0 Å². The van der Waals surface area contributed by atoms with Crippen LogP contribution in [-0.2, 0) is 9.53 Å². The maximum atomic E-state index is 11.5. The molecule has 0 heterocycles. The molecule has 2 fully saturated rings. The number of carbonyl (C=O) groups excluding carboxylic acids is 1. The Morgan fingerprint density at radius 2 is 1.71 bits per heavy atom. The third-order valence-corrected chi connectivity index (χ3v) is 3.85. The van der Waals surface area contributed by atoms with Crippen molar-refractivity contribution in [2.75, 3.05) is 19.7 Å². The standard InChI is InChI=1S/C14H25NO2/c16-14(10-15-9-12-7-8-12)17-11-13-5-3-1-2-4-6-13/h12-13,15H,1-11H2. The highest BCUT2D eigenvalue weighted by atomic mass is 16.5. The van der Waals surface area contributed by atoms with Crippen molar-refractivity contribution < 1.29 is 9.53 Å². The topological polar surface area (TPSA) is 38.3 Å². The molecule has 2 rings (SSSR count). The highest BCUT2D eigenvalue weighted by molar-refractivity contribution is 5.71. The van der Waals surface area contributed by atoms with Crippen molar-refractivity contribution in [3.05, 3.63) is 0 Å². The molecule has 0 saturated heterocycles. The van der Waals surface area contributed by atoms with Gasteiger partial charge in [0.1, 0.15) is 0 Å². The summed E-state index contributed by atoms with van der Waals surface area (Å²) in [6.07, 6.45) is 10.4. The maximum absolute atomic E-state index is 11.5. The molecule has 0 aromatic heterocycles. The first-order valence-corrected chi connectivity index (χ1v) is 7.21. The number of nitrogens with one attached hydrogen (secondary N) is 1. The predicted molar refractivity (Wildman–Crippen MR) is 67.7 cm³/mol. The Morgan fingerprint density at radius 3 is 2.35 bits per heavy atom. The second-order valence-corrected chi connectivity index (χ2v) is 5.61. The molecule has 1 N–H and O–H groups in total. The van der Waals surface area contributed by atoms with Crippen molar-refractivity contribution in [2.24, 2.45) is 11.8 Å². The lowest BCUT2D eigenvalue weighted by Gasteiger charge is -2.14. The Balaban J connectivity index is 1.51. The van der Waals surface area contributed by atoms with E-state index in [0.717, 1.165) is 12.5 Å². The molecule has 2 aliphatic carbocycles. The van der Waals surface area contributed by atoms with E-state index in [1.807, 2.05) is 0 Å². The van der Waals surface area contributed by atoms with E-state index in [1.54, 1.807) is 0 Å². The van der Waals surface area contributed by atoms with Crippen LogP contribution in [0.2, 0.25) is 0 Å². The second kappa shape index (κ2) is 7.00. The highest BCUT2D eigenvalue weighted by Gasteiger charge is 2.21. The summed E-state index contributed by atoms with van der Waals surface area (Å²) < 4.78 is 5.34. The molecule has 98 valence electrons. The smallest absolute Gasteiger partial charge is 0.319 e. The van der Waals surface area contributed by atoms with E-state index in [4.69, 9.17) is 4.74 Å². The van der Waals surface area contributed by atoms with Gasteiger partial charge < -0.3 is 10.1 Å². The van der Waals surface area contributed by atoms with E-state index < -0.39 is 0 Å². The average molecular weight is 239 g/mol. The lowest BCUT2D eigenvalue weighted by molar-refractivity contribution is -0.144. The predicted octanol–water partition coefficient (Wildman–Crippen LogP) is 2.50. The fraction of sp³-hybridized carbons (Fsp3) is 0.929. The summed E-state index contributed by atoms with van der Waals surface area (Å²) in [5, 5.41) is 3.17. The monoisotopic (exact) mass is 239 g/mol. The lowest BCUT2D eigenvalue weighted by atomic mass is 10.0. The molecule has 0 radical (unpaired) electrons. The molecule has 0 bridgehead atoms. The van der Waals surface area contributed by atoms with Gasteiger partial charge >= 0.3 is 5.97 Å². The zero-order chi connectivity index (χ0) is 11.9. The average Bonchev–Trinajstić information content (AvgIpc) is 3.13. The van der Waals surface area contributed by atoms with Gasteiger partial charge in [0.25, 0.3) is 0 Å². The van der Waals surface area contributed by atoms with E-state index in [0.29, 0.717) is 19.1 Å². The van der Waals surface area contributed by atoms with Crippen molar-refractivity contribution in [2.45, 2.75) is 51.4 Å². The van der Waals surface area contributed by atoms with Crippen molar-refractivity contribution in [3.8, 4) is 0 Å². The number of hydrogen-bond acceptors (Lipinski definition) is 3. The molecule has 0 atom stereocenters. The first-order valence-electron chi connectivity index (χ1n) is 7.21. The first-order chi connectivity index (χ1) is 8.34. The number of carbonyl (C=O) groups is 1. The number of rotatable bonds is 6. The SMILES string of the molecule is O=C(CNCC1CC1)OCC1CCCCCC1. The molecule has 0 amide bonds. The lowest BCUT2D eigenvalue weighted by Crippen LogP contribution is -2.27. The summed E-state index contributed by atoms with van der Waals surface area (Å²) in [5.74, 6) is 1.37. The van der Waals surface area contributed by atoms with Crippen LogP contribution in [0.25, 0.3) is 0 Å². The third-order valence-electron chi connectivity index (χ3n) is 3.85. The van der Waals surface area contributed by atoms with Crippen LogP contribution in [0.1, 0.15) is 51.4 Å². The van der Waals surface area contributed by atoms with Crippen LogP contribution < -0.4 is 5.32 Å². The van der Waals surface area contributed by atoms with Gasteiger partial charge in [0.05, 0.1) is 13.2 Å². The minimum Gasteiger partial charge on any atom is -0.464 e.